The zero-order chi connectivity index (χ0) is 26.0. The van der Waals surface area contributed by atoms with Crippen LogP contribution in [0.1, 0.15) is 0 Å². The number of rotatable bonds is 13. The lowest BCUT2D eigenvalue weighted by Gasteiger charge is -2.24. The number of aliphatic hydroxyl groups is 15. The van der Waals surface area contributed by atoms with Gasteiger partial charge in [0.2, 0.25) is 0 Å². The maximum atomic E-state index is 9.76. The van der Waals surface area contributed by atoms with Crippen LogP contribution in [0.4, 0.5) is 0 Å². The lowest BCUT2D eigenvalue weighted by molar-refractivity contribution is -0.127. The van der Waals surface area contributed by atoms with Crippen LogP contribution in [0.2, 0.25) is 0 Å². The summed E-state index contributed by atoms with van der Waals surface area (Å²) in [5.41, 5.74) is 0. The second-order valence-corrected chi connectivity index (χ2v) is 6.34. The highest BCUT2D eigenvalue weighted by molar-refractivity contribution is 5.56. The molecule has 0 heterocycles. The molecule has 0 bridgehead atoms. The summed E-state index contributed by atoms with van der Waals surface area (Å²) in [4.78, 5) is 9.76. The average molecular weight is 484 g/mol. The molecule has 0 radical (unpaired) electrons. The number of hydrogen-bond donors (Lipinski definition) is 15. The first-order valence-corrected chi connectivity index (χ1v) is 9.11. The molecule has 0 saturated heterocycles. The van der Waals surface area contributed by atoms with Crippen LogP contribution in [0.25, 0.3) is 0 Å². The molecule has 0 spiro atoms. The second-order valence-electron chi connectivity index (χ2n) is 6.34. The Labute approximate surface area is 182 Å². The van der Waals surface area contributed by atoms with E-state index in [0.717, 1.165) is 0 Å². The number of carbonyl (C=O) groups is 1. The van der Waals surface area contributed by atoms with Crippen molar-refractivity contribution >= 4 is 6.29 Å². The molecule has 16 heteroatoms. The largest absolute Gasteiger partial charge is 0.394 e. The third kappa shape index (κ3) is 15.0. The van der Waals surface area contributed by atoms with E-state index in [0.29, 0.717) is 0 Å². The quantitative estimate of drug-likeness (QED) is 0.108. The molecule has 0 amide bonds. The van der Waals surface area contributed by atoms with Crippen LogP contribution >= 0.6 is 0 Å². The third-order valence-electron chi connectivity index (χ3n) is 3.75. The Hall–Kier alpha value is -0.930. The summed E-state index contributed by atoms with van der Waals surface area (Å²) in [5.74, 6) is 0. The van der Waals surface area contributed by atoms with Gasteiger partial charge in [0.1, 0.15) is 61.0 Å². The van der Waals surface area contributed by atoms with Gasteiger partial charge in [-0.05, 0) is 0 Å². The van der Waals surface area contributed by atoms with Crippen LogP contribution in [-0.2, 0) is 4.79 Å². The van der Waals surface area contributed by atoms with Crippen molar-refractivity contribution < 1.29 is 81.4 Å². The van der Waals surface area contributed by atoms with E-state index < -0.39 is 94.1 Å². The first kappa shape index (κ1) is 35.7. The summed E-state index contributed by atoms with van der Waals surface area (Å²) >= 11 is 0. The summed E-state index contributed by atoms with van der Waals surface area (Å²) in [5, 5.41) is 129. The summed E-state index contributed by atoms with van der Waals surface area (Å²) in [6.45, 7) is -3.42. The summed E-state index contributed by atoms with van der Waals surface area (Å²) in [7, 11) is 0. The van der Waals surface area contributed by atoms with Crippen LogP contribution in [0.5, 0.6) is 0 Å². The Balaban J connectivity index is -0.000000397. The second kappa shape index (κ2) is 20.7. The molecule has 0 aliphatic carbocycles. The van der Waals surface area contributed by atoms with Gasteiger partial charge in [0, 0.05) is 0 Å². The highest BCUT2D eigenvalue weighted by Gasteiger charge is 2.29. The van der Waals surface area contributed by atoms with Gasteiger partial charge >= 0.3 is 0 Å². The molecule has 9 atom stereocenters. The van der Waals surface area contributed by atoms with Crippen molar-refractivity contribution in [1.29, 1.82) is 0 Å². The Morgan fingerprint density at radius 2 is 0.625 bits per heavy atom. The van der Waals surface area contributed by atoms with Crippen molar-refractivity contribution in [2.75, 3.05) is 33.0 Å². The zero-order valence-electron chi connectivity index (χ0n) is 17.0. The molecule has 0 aromatic rings. The van der Waals surface area contributed by atoms with Crippen LogP contribution in [0.15, 0.2) is 0 Å². The minimum atomic E-state index is -1.67. The molecular formula is C16H36O16. The smallest absolute Gasteiger partial charge is 0.151 e. The van der Waals surface area contributed by atoms with E-state index in [4.69, 9.17) is 76.6 Å². The number of hydrogen-bond acceptors (Lipinski definition) is 16. The van der Waals surface area contributed by atoms with Gasteiger partial charge in [-0.1, -0.05) is 0 Å². The van der Waals surface area contributed by atoms with Crippen LogP contribution < -0.4 is 0 Å². The SMILES string of the molecule is O=C[C@H](O)[C@@H](O)[C@H](O)CO.OCC(O)C(O)C(O)C(O)CO.OCC(O)C(O)C(O)CO. The minimum Gasteiger partial charge on any atom is -0.394 e. The molecule has 6 unspecified atom stereocenters. The van der Waals surface area contributed by atoms with Crippen LogP contribution in [-0.4, -0.2) is 177 Å². The Kier molecular flexibility index (Phi) is 23.0. The highest BCUT2D eigenvalue weighted by Crippen LogP contribution is 2.04. The predicted octanol–water partition coefficient (Wildman–Crippen LogP) is -9.27. The highest BCUT2D eigenvalue weighted by atomic mass is 16.4. The zero-order valence-corrected chi connectivity index (χ0v) is 17.0. The van der Waals surface area contributed by atoms with Gasteiger partial charge in [0.25, 0.3) is 0 Å². The number of aldehydes is 1. The van der Waals surface area contributed by atoms with Crippen molar-refractivity contribution in [2.24, 2.45) is 0 Å². The van der Waals surface area contributed by atoms with Crippen LogP contribution in [0.3, 0.4) is 0 Å². The fourth-order valence-corrected chi connectivity index (χ4v) is 1.56. The lowest BCUT2D eigenvalue weighted by Crippen LogP contribution is -2.46. The summed E-state index contributed by atoms with van der Waals surface area (Å²) < 4.78 is 0. The minimum absolute atomic E-state index is 0.0869. The van der Waals surface area contributed by atoms with E-state index in [1.54, 1.807) is 0 Å². The van der Waals surface area contributed by atoms with E-state index in [2.05, 4.69) is 0 Å². The molecule has 0 aromatic heterocycles. The third-order valence-corrected chi connectivity index (χ3v) is 3.75. The van der Waals surface area contributed by atoms with E-state index in [1.165, 1.54) is 0 Å². The Bertz CT molecular complexity index is 405. The summed E-state index contributed by atoms with van der Waals surface area (Å²) in [6, 6.07) is 0. The first-order valence-electron chi connectivity index (χ1n) is 9.11. The van der Waals surface area contributed by atoms with Crippen LogP contribution in [0, 0.1) is 0 Å². The molecule has 0 saturated carbocycles. The topological polar surface area (TPSA) is 321 Å². The molecule has 0 aliphatic rings. The number of carbonyl (C=O) groups excluding carboxylic acids is 1. The summed E-state index contributed by atoms with van der Waals surface area (Å²) in [6.07, 6.45) is -15.3. The molecule has 0 rings (SSSR count). The van der Waals surface area contributed by atoms with Crippen molar-refractivity contribution in [3.05, 3.63) is 0 Å². The molecule has 0 fully saturated rings. The maximum absolute atomic E-state index is 9.76. The van der Waals surface area contributed by atoms with Gasteiger partial charge in [0.05, 0.1) is 33.0 Å². The van der Waals surface area contributed by atoms with E-state index >= 15 is 0 Å². The Morgan fingerprint density at radius 3 is 0.844 bits per heavy atom. The van der Waals surface area contributed by atoms with Gasteiger partial charge in [0.15, 0.2) is 6.29 Å². The molecule has 196 valence electrons. The van der Waals surface area contributed by atoms with Gasteiger partial charge < -0.3 is 81.4 Å². The van der Waals surface area contributed by atoms with Gasteiger partial charge in [-0.3, -0.25) is 0 Å². The molecule has 16 nitrogen and oxygen atoms in total. The van der Waals surface area contributed by atoms with Gasteiger partial charge in [-0.15, -0.1) is 0 Å². The molecule has 32 heavy (non-hydrogen) atoms. The lowest BCUT2D eigenvalue weighted by atomic mass is 10.0. The maximum Gasteiger partial charge on any atom is 0.151 e. The van der Waals surface area contributed by atoms with Crippen molar-refractivity contribution in [2.45, 2.75) is 61.0 Å². The molecule has 0 aromatic carbocycles. The van der Waals surface area contributed by atoms with E-state index in [-0.39, 0.29) is 6.29 Å². The predicted molar refractivity (Wildman–Crippen MR) is 102 cm³/mol. The standard InChI is InChI=1S/C6H14O6.C5H12O5.C5H10O5/c7-1-3(9)5(11)6(12)4(10)2-8;2*6-1-3(8)5(10)4(9)2-7/h3-12H,1-2H2;3-10H,1-2H2;1,3-5,7-10H,2H2/t;;3-,4+,5+/m..0/s1. The average Bonchev–Trinajstić information content (AvgIpc) is 2.84. The fraction of sp³-hybridized carbons (Fsp3) is 0.938. The van der Waals surface area contributed by atoms with Gasteiger partial charge in [-0.25, -0.2) is 0 Å². The van der Waals surface area contributed by atoms with E-state index in [9.17, 15) is 4.79 Å². The monoisotopic (exact) mass is 484 g/mol. The fourth-order valence-electron chi connectivity index (χ4n) is 1.56. The number of aliphatic hydroxyl groups excluding tert-OH is 15. The molecule has 0 aliphatic heterocycles. The Morgan fingerprint density at radius 1 is 0.406 bits per heavy atom. The van der Waals surface area contributed by atoms with E-state index in [1.807, 2.05) is 0 Å². The van der Waals surface area contributed by atoms with Crippen molar-refractivity contribution in [3.63, 3.8) is 0 Å². The van der Waals surface area contributed by atoms with Crippen molar-refractivity contribution in [1.82, 2.24) is 0 Å². The molecule has 15 N–H and O–H groups in total. The van der Waals surface area contributed by atoms with Crippen molar-refractivity contribution in [3.8, 4) is 0 Å². The normalized spacial score (nSPS) is 20.5. The molecular weight excluding hydrogens is 448 g/mol. The van der Waals surface area contributed by atoms with Gasteiger partial charge in [-0.2, -0.15) is 0 Å². The first-order chi connectivity index (χ1) is 14.8.